The van der Waals surface area contributed by atoms with Crippen LogP contribution in [0, 0.1) is 28.6 Å². The van der Waals surface area contributed by atoms with E-state index in [9.17, 15) is 27.9 Å². The molecule has 36 heavy (non-hydrogen) atoms. The normalized spacial score (nSPS) is 35.8. The van der Waals surface area contributed by atoms with Gasteiger partial charge >= 0.3 is 11.9 Å². The number of benzene rings is 1. The largest absolute Gasteiger partial charge is 0.478 e. The fraction of sp³-hybridized carbons (Fsp3) is 0.593. The summed E-state index contributed by atoms with van der Waals surface area (Å²) < 4.78 is 29.5. The van der Waals surface area contributed by atoms with Crippen molar-refractivity contribution in [2.45, 2.75) is 76.2 Å². The number of carbonyl (C=O) groups excluding carboxylic acids is 2. The van der Waals surface area contributed by atoms with Crippen molar-refractivity contribution in [3.05, 3.63) is 41.0 Å². The van der Waals surface area contributed by atoms with Gasteiger partial charge in [0.2, 0.25) is 10.0 Å². The number of fused-ring (bicyclic) bond motifs is 5. The third kappa shape index (κ3) is 3.91. The molecule has 1 aromatic carbocycles. The highest BCUT2D eigenvalue weighted by Crippen LogP contribution is 2.65. The maximum atomic E-state index is 13.1. The van der Waals surface area contributed by atoms with Crippen molar-refractivity contribution in [2.24, 2.45) is 33.7 Å². The van der Waals surface area contributed by atoms with Crippen LogP contribution in [0.4, 0.5) is 0 Å². The molecule has 1 aromatic rings. The lowest BCUT2D eigenvalue weighted by molar-refractivity contribution is -0.118. The number of esters is 1. The lowest BCUT2D eigenvalue weighted by Gasteiger charge is -2.57. The molecule has 0 aromatic heterocycles. The molecule has 0 bridgehead atoms. The SMILES string of the molecule is C[C@]12CCC(=O)C=C1CCC1C2CC[C@@]2(C)C1CC[C@@H]2OC(=O)c1ccc(S(N)(=O)=O)c(C(=O)O)c1. The summed E-state index contributed by atoms with van der Waals surface area (Å²) >= 11 is 0. The van der Waals surface area contributed by atoms with Gasteiger partial charge in [-0.15, -0.1) is 0 Å². The van der Waals surface area contributed by atoms with E-state index < -0.39 is 32.4 Å². The maximum Gasteiger partial charge on any atom is 0.338 e. The zero-order chi connectivity index (χ0) is 26.0. The Morgan fingerprint density at radius 3 is 2.50 bits per heavy atom. The van der Waals surface area contributed by atoms with Crippen LogP contribution in [0.2, 0.25) is 0 Å². The number of hydrogen-bond donors (Lipinski definition) is 2. The lowest BCUT2D eigenvalue weighted by atomic mass is 9.47. The summed E-state index contributed by atoms with van der Waals surface area (Å²) in [5.41, 5.74) is 0.669. The molecule has 4 aliphatic carbocycles. The van der Waals surface area contributed by atoms with Crippen LogP contribution in [-0.4, -0.2) is 37.4 Å². The zero-order valence-corrected chi connectivity index (χ0v) is 21.5. The number of rotatable bonds is 4. The van der Waals surface area contributed by atoms with Crippen molar-refractivity contribution in [2.75, 3.05) is 0 Å². The predicted octanol–water partition coefficient (Wildman–Crippen LogP) is 4.09. The number of carboxylic acids is 1. The van der Waals surface area contributed by atoms with Crippen molar-refractivity contribution in [3.8, 4) is 0 Å². The number of nitrogens with two attached hydrogens (primary N) is 1. The number of sulfonamides is 1. The van der Waals surface area contributed by atoms with Gasteiger partial charge in [0.1, 0.15) is 6.10 Å². The van der Waals surface area contributed by atoms with E-state index in [0.29, 0.717) is 24.2 Å². The van der Waals surface area contributed by atoms with Crippen LogP contribution < -0.4 is 5.14 Å². The summed E-state index contributed by atoms with van der Waals surface area (Å²) in [5.74, 6) is -0.415. The predicted molar refractivity (Wildman–Crippen MR) is 131 cm³/mol. The second-order valence-corrected chi connectivity index (χ2v) is 13.1. The molecule has 6 atom stereocenters. The molecule has 0 amide bonds. The quantitative estimate of drug-likeness (QED) is 0.575. The zero-order valence-electron chi connectivity index (χ0n) is 20.7. The Morgan fingerprint density at radius 1 is 1.06 bits per heavy atom. The van der Waals surface area contributed by atoms with Crippen molar-refractivity contribution in [1.29, 1.82) is 0 Å². The molecule has 0 spiro atoms. The van der Waals surface area contributed by atoms with Crippen LogP contribution in [0.5, 0.6) is 0 Å². The molecular weight excluding hydrogens is 482 g/mol. The van der Waals surface area contributed by atoms with E-state index in [-0.39, 0.29) is 28.3 Å². The molecular formula is C27H33NO7S. The molecule has 3 saturated carbocycles. The summed E-state index contributed by atoms with van der Waals surface area (Å²) in [5, 5.41) is 14.6. The Morgan fingerprint density at radius 2 is 1.81 bits per heavy atom. The Kier molecular flexibility index (Phi) is 5.95. The molecule has 3 fully saturated rings. The first-order valence-electron chi connectivity index (χ1n) is 12.7. The van der Waals surface area contributed by atoms with Gasteiger partial charge in [-0.25, -0.2) is 23.1 Å². The van der Waals surface area contributed by atoms with E-state index in [4.69, 9.17) is 9.88 Å². The average molecular weight is 516 g/mol. The molecule has 0 heterocycles. The molecule has 8 nitrogen and oxygen atoms in total. The van der Waals surface area contributed by atoms with Crippen molar-refractivity contribution in [3.63, 3.8) is 0 Å². The summed E-state index contributed by atoms with van der Waals surface area (Å²) in [7, 11) is -4.25. The standard InChI is InChI=1S/C27H33NO7S/c1-26-11-9-17(29)14-16(26)4-5-18-20-6-8-23(27(20,2)12-10-21(18)26)35-25(32)15-3-7-22(36(28,33)34)19(13-15)24(30)31/h3,7,13-14,18,20-21,23H,4-6,8-12H2,1-2H3,(H,30,31)(H2,28,33,34)/t18?,20?,21?,23-,26-,27-/m0/s1. The van der Waals surface area contributed by atoms with Crippen LogP contribution in [0.3, 0.4) is 0 Å². The number of primary sulfonamides is 1. The number of ether oxygens (including phenoxy) is 1. The topological polar surface area (TPSA) is 141 Å². The van der Waals surface area contributed by atoms with Crippen LogP contribution >= 0.6 is 0 Å². The van der Waals surface area contributed by atoms with Gasteiger partial charge in [-0.05, 0) is 92.4 Å². The minimum Gasteiger partial charge on any atom is -0.478 e. The summed E-state index contributed by atoms with van der Waals surface area (Å²) in [6.07, 6.45) is 8.82. The first kappa shape index (κ1) is 25.1. The van der Waals surface area contributed by atoms with Crippen molar-refractivity contribution in [1.82, 2.24) is 0 Å². The molecule has 194 valence electrons. The van der Waals surface area contributed by atoms with Crippen LogP contribution in [-0.2, 0) is 19.6 Å². The summed E-state index contributed by atoms with van der Waals surface area (Å²) in [4.78, 5) is 36.2. The lowest BCUT2D eigenvalue weighted by Crippen LogP contribution is -2.51. The number of ketones is 1. The minimum absolute atomic E-state index is 0.00707. The van der Waals surface area contributed by atoms with Gasteiger partial charge in [0.15, 0.2) is 5.78 Å². The monoisotopic (exact) mass is 515 g/mol. The van der Waals surface area contributed by atoms with Crippen molar-refractivity contribution >= 4 is 27.7 Å². The van der Waals surface area contributed by atoms with E-state index in [0.717, 1.165) is 57.1 Å². The third-order valence-corrected chi connectivity index (χ3v) is 10.8. The van der Waals surface area contributed by atoms with Crippen LogP contribution in [0.1, 0.15) is 85.9 Å². The molecule has 5 rings (SSSR count). The third-order valence-electron chi connectivity index (χ3n) is 9.88. The number of allylic oxidation sites excluding steroid dienone is 1. The first-order chi connectivity index (χ1) is 16.8. The number of aromatic carboxylic acids is 1. The molecule has 3 N–H and O–H groups in total. The molecule has 0 aliphatic heterocycles. The van der Waals surface area contributed by atoms with E-state index in [2.05, 4.69) is 13.8 Å². The van der Waals surface area contributed by atoms with Gasteiger partial charge in [0, 0.05) is 11.8 Å². The number of hydrogen-bond acceptors (Lipinski definition) is 6. The van der Waals surface area contributed by atoms with E-state index >= 15 is 0 Å². The molecule has 0 saturated heterocycles. The second kappa shape index (κ2) is 8.52. The molecule has 4 aliphatic rings. The van der Waals surface area contributed by atoms with Gasteiger partial charge in [0.05, 0.1) is 16.0 Å². The highest BCUT2D eigenvalue weighted by molar-refractivity contribution is 7.89. The van der Waals surface area contributed by atoms with Gasteiger partial charge in [-0.3, -0.25) is 4.79 Å². The van der Waals surface area contributed by atoms with Crippen molar-refractivity contribution < 1.29 is 32.6 Å². The Hall–Kier alpha value is -2.52. The number of carboxylic acid groups (broad SMARTS) is 1. The van der Waals surface area contributed by atoms with Gasteiger partial charge in [0.25, 0.3) is 0 Å². The first-order valence-corrected chi connectivity index (χ1v) is 14.2. The Balaban J connectivity index is 1.36. The van der Waals surface area contributed by atoms with E-state index in [1.165, 1.54) is 11.6 Å². The van der Waals surface area contributed by atoms with E-state index in [1.54, 1.807) is 0 Å². The minimum atomic E-state index is -4.25. The average Bonchev–Trinajstić information content (AvgIpc) is 3.14. The summed E-state index contributed by atoms with van der Waals surface area (Å²) in [6.45, 7) is 4.55. The summed E-state index contributed by atoms with van der Waals surface area (Å²) in [6, 6.07) is 3.32. The van der Waals surface area contributed by atoms with Gasteiger partial charge in [-0.2, -0.15) is 0 Å². The van der Waals surface area contributed by atoms with Crippen LogP contribution in [0.15, 0.2) is 34.7 Å². The smallest absolute Gasteiger partial charge is 0.338 e. The molecule has 3 unspecified atom stereocenters. The Labute approximate surface area is 211 Å². The number of carbonyl (C=O) groups is 3. The van der Waals surface area contributed by atoms with E-state index in [1.807, 2.05) is 6.08 Å². The Bertz CT molecular complexity index is 1280. The maximum absolute atomic E-state index is 13.1. The molecule has 9 heteroatoms. The second-order valence-electron chi connectivity index (χ2n) is 11.5. The van der Waals surface area contributed by atoms with Gasteiger partial charge < -0.3 is 9.84 Å². The van der Waals surface area contributed by atoms with Crippen LogP contribution in [0.25, 0.3) is 0 Å². The highest BCUT2D eigenvalue weighted by atomic mass is 32.2. The van der Waals surface area contributed by atoms with Gasteiger partial charge in [-0.1, -0.05) is 19.4 Å². The highest BCUT2D eigenvalue weighted by Gasteiger charge is 2.60. The fourth-order valence-electron chi connectivity index (χ4n) is 7.97. The molecule has 0 radical (unpaired) electrons. The fourth-order valence-corrected chi connectivity index (χ4v) is 8.68.